The minimum atomic E-state index is 0.0354. The molecule has 0 aromatic heterocycles. The minimum Gasteiger partial charge on any atom is -0.489 e. The predicted octanol–water partition coefficient (Wildman–Crippen LogP) is 3.54. The van der Waals surface area contributed by atoms with Crippen LogP contribution in [-0.4, -0.2) is 30.5 Å². The van der Waals surface area contributed by atoms with Crippen LogP contribution in [-0.2, 0) is 11.3 Å². The van der Waals surface area contributed by atoms with E-state index in [-0.39, 0.29) is 18.6 Å². The lowest BCUT2D eigenvalue weighted by Gasteiger charge is -2.19. The molecule has 23 heavy (non-hydrogen) atoms. The summed E-state index contributed by atoms with van der Waals surface area (Å²) < 4.78 is 5.75. The fraction of sp³-hybridized carbons (Fsp3) is 0.316. The third-order valence-corrected chi connectivity index (χ3v) is 3.37. The van der Waals surface area contributed by atoms with Crippen LogP contribution in [0.3, 0.4) is 0 Å². The number of amides is 1. The van der Waals surface area contributed by atoms with E-state index in [2.05, 4.69) is 5.32 Å². The smallest absolute Gasteiger partial charge is 0.241 e. The van der Waals surface area contributed by atoms with Crippen LogP contribution in [0.15, 0.2) is 54.6 Å². The summed E-state index contributed by atoms with van der Waals surface area (Å²) in [5, 5.41) is 3.17. The average Bonchev–Trinajstić information content (AvgIpc) is 2.54. The van der Waals surface area contributed by atoms with Gasteiger partial charge in [0.2, 0.25) is 5.91 Å². The van der Waals surface area contributed by atoms with Gasteiger partial charge in [-0.2, -0.15) is 0 Å². The Morgan fingerprint density at radius 3 is 2.43 bits per heavy atom. The van der Waals surface area contributed by atoms with E-state index in [1.54, 1.807) is 4.90 Å². The first kappa shape index (κ1) is 16.9. The Morgan fingerprint density at radius 2 is 1.74 bits per heavy atom. The number of hydrogen-bond donors (Lipinski definition) is 1. The van der Waals surface area contributed by atoms with Crippen LogP contribution in [0.2, 0.25) is 0 Å². The summed E-state index contributed by atoms with van der Waals surface area (Å²) in [6, 6.07) is 17.6. The second-order valence-corrected chi connectivity index (χ2v) is 5.75. The summed E-state index contributed by atoms with van der Waals surface area (Å²) in [5.41, 5.74) is 1.95. The van der Waals surface area contributed by atoms with Crippen molar-refractivity contribution >= 4 is 11.6 Å². The second kappa shape index (κ2) is 8.22. The van der Waals surface area contributed by atoms with Crippen molar-refractivity contribution in [1.29, 1.82) is 0 Å². The van der Waals surface area contributed by atoms with Crippen LogP contribution in [0, 0.1) is 0 Å². The van der Waals surface area contributed by atoms with Gasteiger partial charge in [0.05, 0.1) is 18.3 Å². The van der Waals surface area contributed by atoms with Crippen LogP contribution in [0.5, 0.6) is 5.75 Å². The summed E-state index contributed by atoms with van der Waals surface area (Å²) in [5.74, 6) is 0.800. The van der Waals surface area contributed by atoms with E-state index in [1.807, 2.05) is 75.5 Å². The van der Waals surface area contributed by atoms with Gasteiger partial charge in [-0.3, -0.25) is 4.79 Å². The van der Waals surface area contributed by atoms with Crippen LogP contribution in [0.4, 0.5) is 5.69 Å². The van der Waals surface area contributed by atoms with Crippen molar-refractivity contribution < 1.29 is 9.53 Å². The molecule has 0 heterocycles. The number of carbonyl (C=O) groups excluding carboxylic acids is 1. The maximum Gasteiger partial charge on any atom is 0.241 e. The molecule has 0 saturated heterocycles. The Balaban J connectivity index is 1.91. The van der Waals surface area contributed by atoms with Gasteiger partial charge in [-0.15, -0.1) is 0 Å². The number of carbonyl (C=O) groups is 1. The molecule has 0 unspecified atom stereocenters. The lowest BCUT2D eigenvalue weighted by atomic mass is 10.2. The van der Waals surface area contributed by atoms with E-state index in [1.165, 1.54) is 0 Å². The highest BCUT2D eigenvalue weighted by Crippen LogP contribution is 2.24. The number of nitrogens with one attached hydrogen (secondary N) is 1. The topological polar surface area (TPSA) is 41.6 Å². The third-order valence-electron chi connectivity index (χ3n) is 3.37. The fourth-order valence-corrected chi connectivity index (χ4v) is 2.22. The molecular weight excluding hydrogens is 288 g/mol. The molecular formula is C19H24N2O2. The summed E-state index contributed by atoms with van der Waals surface area (Å²) in [7, 11) is 1.81. The zero-order chi connectivity index (χ0) is 16.7. The van der Waals surface area contributed by atoms with Gasteiger partial charge in [0, 0.05) is 13.6 Å². The van der Waals surface area contributed by atoms with E-state index in [0.29, 0.717) is 6.54 Å². The Morgan fingerprint density at radius 1 is 1.09 bits per heavy atom. The number of anilines is 1. The molecule has 0 spiro atoms. The summed E-state index contributed by atoms with van der Waals surface area (Å²) in [4.78, 5) is 14.0. The Labute approximate surface area is 138 Å². The normalized spacial score (nSPS) is 10.4. The molecule has 0 aliphatic carbocycles. The quantitative estimate of drug-likeness (QED) is 0.850. The number of para-hydroxylation sites is 2. The molecule has 4 heteroatoms. The van der Waals surface area contributed by atoms with E-state index in [9.17, 15) is 4.79 Å². The number of hydrogen-bond acceptors (Lipinski definition) is 3. The number of likely N-dealkylation sites (N-methyl/N-ethyl adjacent to an activating group) is 1. The molecule has 0 aliphatic rings. The van der Waals surface area contributed by atoms with E-state index in [0.717, 1.165) is 17.0 Å². The number of nitrogens with zero attached hydrogens (tertiary/aromatic N) is 1. The molecule has 122 valence electrons. The molecule has 0 radical (unpaired) electrons. The van der Waals surface area contributed by atoms with Gasteiger partial charge in [0.1, 0.15) is 5.75 Å². The second-order valence-electron chi connectivity index (χ2n) is 5.75. The first-order chi connectivity index (χ1) is 11.1. The van der Waals surface area contributed by atoms with E-state index < -0.39 is 0 Å². The van der Waals surface area contributed by atoms with E-state index in [4.69, 9.17) is 4.74 Å². The third kappa shape index (κ3) is 5.33. The molecule has 1 N–H and O–H groups in total. The zero-order valence-electron chi connectivity index (χ0n) is 14.0. The largest absolute Gasteiger partial charge is 0.489 e. The maximum atomic E-state index is 12.3. The Bertz CT molecular complexity index is 626. The van der Waals surface area contributed by atoms with Crippen molar-refractivity contribution in [3.05, 3.63) is 60.2 Å². The van der Waals surface area contributed by atoms with Gasteiger partial charge < -0.3 is 15.0 Å². The standard InChI is InChI=1S/C19H24N2O2/c1-15(2)23-18-12-8-7-11-17(18)20-13-19(22)21(3)14-16-9-5-4-6-10-16/h4-12,15,20H,13-14H2,1-3H3. The Kier molecular flexibility index (Phi) is 6.03. The predicted molar refractivity (Wildman–Crippen MR) is 93.6 cm³/mol. The van der Waals surface area contributed by atoms with Gasteiger partial charge in [-0.25, -0.2) is 0 Å². The van der Waals surface area contributed by atoms with Crippen LogP contribution in [0.25, 0.3) is 0 Å². The molecule has 0 saturated carbocycles. The molecule has 0 aliphatic heterocycles. The first-order valence-electron chi connectivity index (χ1n) is 7.83. The fourth-order valence-electron chi connectivity index (χ4n) is 2.22. The van der Waals surface area contributed by atoms with Crippen LogP contribution < -0.4 is 10.1 Å². The van der Waals surface area contributed by atoms with Crippen molar-refractivity contribution in [3.63, 3.8) is 0 Å². The molecule has 1 amide bonds. The van der Waals surface area contributed by atoms with Crippen molar-refractivity contribution in [2.75, 3.05) is 18.9 Å². The molecule has 0 atom stereocenters. The monoisotopic (exact) mass is 312 g/mol. The molecule has 4 nitrogen and oxygen atoms in total. The molecule has 0 bridgehead atoms. The maximum absolute atomic E-state index is 12.3. The van der Waals surface area contributed by atoms with Crippen molar-refractivity contribution in [2.24, 2.45) is 0 Å². The molecule has 2 aromatic rings. The lowest BCUT2D eigenvalue weighted by Crippen LogP contribution is -2.31. The highest BCUT2D eigenvalue weighted by molar-refractivity contribution is 5.81. The van der Waals surface area contributed by atoms with E-state index >= 15 is 0 Å². The lowest BCUT2D eigenvalue weighted by molar-refractivity contribution is -0.128. The van der Waals surface area contributed by atoms with Gasteiger partial charge in [-0.05, 0) is 31.5 Å². The summed E-state index contributed by atoms with van der Waals surface area (Å²) in [6.45, 7) is 4.80. The number of ether oxygens (including phenoxy) is 1. The highest BCUT2D eigenvalue weighted by Gasteiger charge is 2.11. The zero-order valence-corrected chi connectivity index (χ0v) is 14.0. The molecule has 0 fully saturated rings. The van der Waals surface area contributed by atoms with Gasteiger partial charge >= 0.3 is 0 Å². The van der Waals surface area contributed by atoms with Gasteiger partial charge in [0.15, 0.2) is 0 Å². The average molecular weight is 312 g/mol. The molecule has 2 rings (SSSR count). The van der Waals surface area contributed by atoms with Crippen molar-refractivity contribution in [1.82, 2.24) is 4.90 Å². The van der Waals surface area contributed by atoms with Gasteiger partial charge in [-0.1, -0.05) is 42.5 Å². The van der Waals surface area contributed by atoms with Gasteiger partial charge in [0.25, 0.3) is 0 Å². The summed E-state index contributed by atoms with van der Waals surface area (Å²) in [6.07, 6.45) is 0.0920. The van der Waals surface area contributed by atoms with Crippen molar-refractivity contribution in [2.45, 2.75) is 26.5 Å². The Hall–Kier alpha value is -2.49. The van der Waals surface area contributed by atoms with Crippen LogP contribution >= 0.6 is 0 Å². The first-order valence-corrected chi connectivity index (χ1v) is 7.83. The SMILES string of the molecule is CC(C)Oc1ccccc1NCC(=O)N(C)Cc1ccccc1. The summed E-state index contributed by atoms with van der Waals surface area (Å²) >= 11 is 0. The minimum absolute atomic E-state index is 0.0354. The van der Waals surface area contributed by atoms with Crippen molar-refractivity contribution in [3.8, 4) is 5.75 Å². The number of rotatable bonds is 7. The number of benzene rings is 2. The van der Waals surface area contributed by atoms with Crippen LogP contribution in [0.1, 0.15) is 19.4 Å². The molecule has 2 aromatic carbocycles. The highest BCUT2D eigenvalue weighted by atomic mass is 16.5.